The van der Waals surface area contributed by atoms with Crippen molar-refractivity contribution < 1.29 is 41.2 Å². The van der Waals surface area contributed by atoms with Crippen molar-refractivity contribution in [3.05, 3.63) is 64.7 Å². The molecule has 0 saturated carbocycles. The Labute approximate surface area is 198 Å². The predicted octanol–water partition coefficient (Wildman–Crippen LogP) is 1.62. The van der Waals surface area contributed by atoms with Gasteiger partial charge in [0.1, 0.15) is 13.1 Å². The van der Waals surface area contributed by atoms with E-state index in [0.29, 0.717) is 34.5 Å². The van der Waals surface area contributed by atoms with Crippen LogP contribution in [0.1, 0.15) is 38.3 Å². The van der Waals surface area contributed by atoms with Crippen LogP contribution < -0.4 is 5.06 Å². The van der Waals surface area contributed by atoms with Gasteiger partial charge in [0, 0.05) is 23.1 Å². The molecule has 1 heterocycles. The van der Waals surface area contributed by atoms with Gasteiger partial charge < -0.3 is 13.8 Å². The first kappa shape index (κ1) is 25.9. The lowest BCUT2D eigenvalue weighted by atomic mass is 9.83. The van der Waals surface area contributed by atoms with Crippen LogP contribution in [0.25, 0.3) is 0 Å². The summed E-state index contributed by atoms with van der Waals surface area (Å²) in [5, 5.41) is 11.8. The average Bonchev–Trinajstić information content (AvgIpc) is 2.82. The van der Waals surface area contributed by atoms with E-state index in [0.717, 1.165) is 55.9 Å². The maximum absolute atomic E-state index is 13.0. The summed E-state index contributed by atoms with van der Waals surface area (Å²) in [6.45, 7) is 4.79. The molecule has 4 rings (SSSR count). The molecule has 0 atom stereocenters. The minimum Gasteiger partial charge on any atom is -0.726 e. The summed E-state index contributed by atoms with van der Waals surface area (Å²) in [4.78, 5) is 25.9. The van der Waals surface area contributed by atoms with Gasteiger partial charge in [-0.15, -0.1) is 0 Å². The van der Waals surface area contributed by atoms with Crippen molar-refractivity contribution in [3.8, 4) is 0 Å². The van der Waals surface area contributed by atoms with Gasteiger partial charge in [0.25, 0.3) is 0 Å². The minimum absolute atomic E-state index is 0.174. The van der Waals surface area contributed by atoms with E-state index in [1.54, 1.807) is 42.5 Å². The van der Waals surface area contributed by atoms with Gasteiger partial charge in [-0.3, -0.25) is 24.0 Å². The van der Waals surface area contributed by atoms with E-state index in [9.17, 15) is 27.8 Å². The van der Waals surface area contributed by atoms with Crippen molar-refractivity contribution in [3.63, 3.8) is 0 Å². The van der Waals surface area contributed by atoms with E-state index >= 15 is 0 Å². The second-order valence-corrected chi connectivity index (χ2v) is 9.51. The number of carbonyl (C=O) groups is 2. The van der Waals surface area contributed by atoms with Gasteiger partial charge in [0.2, 0.25) is 10.4 Å². The number of quaternary nitrogens is 1. The van der Waals surface area contributed by atoms with E-state index in [1.165, 1.54) is 0 Å². The Bertz CT molecular complexity index is 1160. The summed E-state index contributed by atoms with van der Waals surface area (Å²) in [6, 6.07) is 11.9. The number of rotatable bonds is 6. The van der Waals surface area contributed by atoms with Crippen LogP contribution in [0.2, 0.25) is 0 Å². The molecule has 11 heteroatoms. The third kappa shape index (κ3) is 6.06. The molecule has 2 aliphatic rings. The second-order valence-electron chi connectivity index (χ2n) is 8.36. The molecule has 0 aromatic heterocycles. The number of anilines is 1. The van der Waals surface area contributed by atoms with Crippen LogP contribution in [0.15, 0.2) is 42.5 Å². The van der Waals surface area contributed by atoms with Gasteiger partial charge in [-0.25, -0.2) is 8.42 Å². The smallest absolute Gasteiger partial charge is 0.217 e. The first-order valence-electron chi connectivity index (χ1n) is 10.8. The molecule has 1 aliphatic heterocycles. The zero-order valence-electron chi connectivity index (χ0n) is 19.1. The van der Waals surface area contributed by atoms with Crippen LogP contribution in [0, 0.1) is 0 Å². The Hall–Kier alpha value is -2.67. The van der Waals surface area contributed by atoms with Gasteiger partial charge in [0.15, 0.2) is 11.6 Å². The van der Waals surface area contributed by atoms with E-state index < -0.39 is 10.4 Å². The van der Waals surface area contributed by atoms with Crippen LogP contribution in [0.5, 0.6) is 0 Å². The number of benzene rings is 2. The number of hydrogen-bond donors (Lipinski definition) is 1. The van der Waals surface area contributed by atoms with E-state index in [-0.39, 0.29) is 11.6 Å². The van der Waals surface area contributed by atoms with Crippen molar-refractivity contribution >= 4 is 27.7 Å². The molecule has 0 amide bonds. The van der Waals surface area contributed by atoms with E-state index in [4.69, 9.17) is 4.74 Å². The van der Waals surface area contributed by atoms with E-state index in [1.807, 2.05) is 0 Å². The summed E-state index contributed by atoms with van der Waals surface area (Å²) in [7, 11) is -1.40. The summed E-state index contributed by atoms with van der Waals surface area (Å²) < 4.78 is 37.4. The topological polar surface area (TPSA) is 133 Å². The van der Waals surface area contributed by atoms with Gasteiger partial charge in [-0.05, 0) is 6.07 Å². The lowest BCUT2D eigenvalue weighted by Gasteiger charge is -2.38. The highest BCUT2D eigenvalue weighted by Crippen LogP contribution is 2.33. The molecular formula is C23H28N2O8S. The number of carbonyl (C=O) groups excluding carboxylic acids is 2. The second kappa shape index (κ2) is 10.7. The standard InChI is InChI=1S/C22H25N2O4.CH4O4S/c1-24(12-14-28-15-13-24)11-5-10-23(27)19-9-4-8-18-20(19)22(26)17-7-3-2-6-16(17)21(18)25;1-5-6(2,3)4/h2-4,6-9,27H,5,10-15H2,1H3;1H3,(H,2,3,4)/q+1;/p-1. The van der Waals surface area contributed by atoms with E-state index in [2.05, 4.69) is 11.2 Å². The molecule has 1 fully saturated rings. The fourth-order valence-electron chi connectivity index (χ4n) is 4.07. The number of likely N-dealkylation sites (N-methyl/N-ethyl adjacent to an activating group) is 1. The summed E-state index contributed by atoms with van der Waals surface area (Å²) in [5.74, 6) is -0.390. The Balaban J connectivity index is 0.000000481. The summed E-state index contributed by atoms with van der Waals surface area (Å²) in [5.41, 5.74) is 1.86. The third-order valence-electron chi connectivity index (χ3n) is 6.03. The maximum atomic E-state index is 13.0. The molecule has 2 aromatic carbocycles. The minimum atomic E-state index is -4.41. The van der Waals surface area contributed by atoms with Crippen LogP contribution in [-0.4, -0.2) is 87.8 Å². The number of fused-ring (bicyclic) bond motifs is 2. The van der Waals surface area contributed by atoms with Crippen LogP contribution >= 0.6 is 0 Å². The Morgan fingerprint density at radius 1 is 1.03 bits per heavy atom. The Morgan fingerprint density at radius 3 is 2.18 bits per heavy atom. The third-order valence-corrected chi connectivity index (χ3v) is 6.44. The molecular weight excluding hydrogens is 464 g/mol. The predicted molar refractivity (Wildman–Crippen MR) is 122 cm³/mol. The van der Waals surface area contributed by atoms with Gasteiger partial charge in [-0.2, -0.15) is 0 Å². The number of ketones is 2. The highest BCUT2D eigenvalue weighted by Gasteiger charge is 2.32. The molecule has 2 aromatic rings. The molecule has 0 bridgehead atoms. The number of morpholine rings is 1. The van der Waals surface area contributed by atoms with Gasteiger partial charge in [-0.1, -0.05) is 36.4 Å². The first-order chi connectivity index (χ1) is 16.1. The van der Waals surface area contributed by atoms with Crippen LogP contribution in [0.4, 0.5) is 5.69 Å². The fraction of sp³-hybridized carbons (Fsp3) is 0.391. The largest absolute Gasteiger partial charge is 0.726 e. The van der Waals surface area contributed by atoms with Crippen molar-refractivity contribution in [2.24, 2.45) is 0 Å². The summed E-state index contributed by atoms with van der Waals surface area (Å²) >= 11 is 0. The number of nitrogens with zero attached hydrogens (tertiary/aromatic N) is 2. The summed E-state index contributed by atoms with van der Waals surface area (Å²) in [6.07, 6.45) is 0.773. The molecule has 1 aliphatic carbocycles. The molecule has 0 unspecified atom stereocenters. The lowest BCUT2D eigenvalue weighted by molar-refractivity contribution is -0.916. The van der Waals surface area contributed by atoms with Gasteiger partial charge in [0.05, 0.1) is 51.7 Å². The zero-order valence-corrected chi connectivity index (χ0v) is 19.9. The molecule has 184 valence electrons. The molecule has 0 radical (unpaired) electrons. The molecule has 1 N–H and O–H groups in total. The molecule has 10 nitrogen and oxygen atoms in total. The van der Waals surface area contributed by atoms with Crippen molar-refractivity contribution in [2.45, 2.75) is 6.42 Å². The fourth-order valence-corrected chi connectivity index (χ4v) is 4.07. The lowest BCUT2D eigenvalue weighted by Crippen LogP contribution is -2.52. The molecule has 1 saturated heterocycles. The highest BCUT2D eigenvalue weighted by atomic mass is 32.3. The average molecular weight is 493 g/mol. The van der Waals surface area contributed by atoms with Crippen molar-refractivity contribution in [1.82, 2.24) is 0 Å². The highest BCUT2D eigenvalue weighted by molar-refractivity contribution is 7.80. The Kier molecular flexibility index (Phi) is 8.18. The van der Waals surface area contributed by atoms with Crippen molar-refractivity contribution in [1.29, 1.82) is 0 Å². The zero-order chi connectivity index (χ0) is 24.9. The first-order valence-corrected chi connectivity index (χ1v) is 12.1. The number of hydroxylamine groups is 1. The molecule has 0 spiro atoms. The Morgan fingerprint density at radius 2 is 1.59 bits per heavy atom. The quantitative estimate of drug-likeness (QED) is 0.236. The van der Waals surface area contributed by atoms with Crippen LogP contribution in [0.3, 0.4) is 0 Å². The number of hydrogen-bond acceptors (Lipinski definition) is 9. The van der Waals surface area contributed by atoms with Crippen LogP contribution in [-0.2, 0) is 19.3 Å². The number of ether oxygens (including phenoxy) is 1. The SMILES string of the molecule is COS(=O)(=O)[O-].C[N+]1(CCCN(O)c2cccc3c2C(=O)c2ccccc2C3=O)CCOCC1. The normalized spacial score (nSPS) is 16.7. The molecule has 34 heavy (non-hydrogen) atoms. The van der Waals surface area contributed by atoms with Gasteiger partial charge >= 0.3 is 0 Å². The van der Waals surface area contributed by atoms with Crippen molar-refractivity contribution in [2.75, 3.05) is 58.6 Å². The maximum Gasteiger partial charge on any atom is 0.217 e. The monoisotopic (exact) mass is 492 g/mol.